The van der Waals surface area contributed by atoms with E-state index >= 15 is 0 Å². The number of halogens is 4. The summed E-state index contributed by atoms with van der Waals surface area (Å²) in [6.45, 7) is 6.08. The predicted molar refractivity (Wildman–Crippen MR) is 86.5 cm³/mol. The molecule has 0 heterocycles. The minimum absolute atomic E-state index is 0.0533. The Labute approximate surface area is 147 Å². The van der Waals surface area contributed by atoms with Crippen molar-refractivity contribution in [2.45, 2.75) is 13.2 Å². The number of carbonyl (C=O) groups excluding carboxylic acids is 2. The maximum atomic E-state index is 11.1. The molecule has 0 aliphatic carbocycles. The van der Waals surface area contributed by atoms with Gasteiger partial charge in [-0.3, -0.25) is 0 Å². The van der Waals surface area contributed by atoms with Gasteiger partial charge in [-0.1, -0.05) is 59.6 Å². The van der Waals surface area contributed by atoms with E-state index in [1.165, 1.54) is 0 Å². The zero-order valence-electron chi connectivity index (χ0n) is 11.1. The average Bonchev–Trinajstić information content (AvgIpc) is 2.52. The van der Waals surface area contributed by atoms with Crippen LogP contribution in [0.2, 0.25) is 20.1 Å². The number of benzene rings is 1. The van der Waals surface area contributed by atoms with Gasteiger partial charge in [-0.05, 0) is 0 Å². The summed E-state index contributed by atoms with van der Waals surface area (Å²) >= 11 is 24.4. The van der Waals surface area contributed by atoms with Crippen LogP contribution in [0.5, 0.6) is 0 Å². The Kier molecular flexibility index (Phi) is 7.23. The second-order valence-corrected chi connectivity index (χ2v) is 5.35. The lowest BCUT2D eigenvalue weighted by atomic mass is 10.1. The van der Waals surface area contributed by atoms with Gasteiger partial charge < -0.3 is 9.47 Å². The van der Waals surface area contributed by atoms with E-state index in [1.54, 1.807) is 0 Å². The van der Waals surface area contributed by atoms with Gasteiger partial charge in [0.2, 0.25) is 0 Å². The van der Waals surface area contributed by atoms with Crippen LogP contribution in [-0.2, 0) is 32.3 Å². The summed E-state index contributed by atoms with van der Waals surface area (Å²) in [4.78, 5) is 22.2. The lowest BCUT2D eigenvalue weighted by Crippen LogP contribution is -2.05. The molecule has 0 unspecified atom stereocenters. The van der Waals surface area contributed by atoms with E-state index in [-0.39, 0.29) is 44.4 Å². The zero-order valence-corrected chi connectivity index (χ0v) is 14.2. The minimum Gasteiger partial charge on any atom is -0.458 e. The Balaban J connectivity index is 3.14. The van der Waals surface area contributed by atoms with Gasteiger partial charge in [-0.15, -0.1) is 0 Å². The number of esters is 2. The summed E-state index contributed by atoms with van der Waals surface area (Å²) < 4.78 is 9.73. The van der Waals surface area contributed by atoms with Gasteiger partial charge in [-0.25, -0.2) is 9.59 Å². The molecular formula is C14H10Cl4O4. The van der Waals surface area contributed by atoms with Crippen molar-refractivity contribution in [2.24, 2.45) is 0 Å². The van der Waals surface area contributed by atoms with Crippen molar-refractivity contribution >= 4 is 58.3 Å². The summed E-state index contributed by atoms with van der Waals surface area (Å²) in [6.07, 6.45) is 1.99. The molecule has 0 aliphatic heterocycles. The van der Waals surface area contributed by atoms with Gasteiger partial charge in [0.05, 0.1) is 20.1 Å². The molecule has 0 bridgehead atoms. The maximum Gasteiger partial charge on any atom is 0.330 e. The Morgan fingerprint density at radius 3 is 1.27 bits per heavy atom. The summed E-state index contributed by atoms with van der Waals surface area (Å²) in [5.41, 5.74) is 0.486. The number of hydrogen-bond donors (Lipinski definition) is 0. The molecule has 1 aromatic carbocycles. The highest BCUT2D eigenvalue weighted by atomic mass is 35.5. The molecule has 0 aliphatic rings. The summed E-state index contributed by atoms with van der Waals surface area (Å²) in [6, 6.07) is 0. The van der Waals surface area contributed by atoms with Gasteiger partial charge in [0.1, 0.15) is 13.2 Å². The molecule has 0 spiro atoms. The highest BCUT2D eigenvalue weighted by Gasteiger charge is 2.21. The summed E-state index contributed by atoms with van der Waals surface area (Å²) in [7, 11) is 0. The fourth-order valence-electron chi connectivity index (χ4n) is 1.38. The van der Waals surface area contributed by atoms with E-state index < -0.39 is 11.9 Å². The molecule has 1 aromatic rings. The molecular weight excluding hydrogens is 374 g/mol. The van der Waals surface area contributed by atoms with Gasteiger partial charge >= 0.3 is 11.9 Å². The zero-order chi connectivity index (χ0) is 16.9. The third-order valence-electron chi connectivity index (χ3n) is 2.50. The van der Waals surface area contributed by atoms with Crippen molar-refractivity contribution in [3.63, 3.8) is 0 Å². The van der Waals surface area contributed by atoms with Crippen molar-refractivity contribution in [1.29, 1.82) is 0 Å². The van der Waals surface area contributed by atoms with Crippen LogP contribution in [0.15, 0.2) is 25.3 Å². The van der Waals surface area contributed by atoms with Crippen molar-refractivity contribution in [1.82, 2.24) is 0 Å². The fraction of sp³-hybridized carbons (Fsp3) is 0.143. The van der Waals surface area contributed by atoms with Crippen LogP contribution >= 0.6 is 46.4 Å². The maximum absolute atomic E-state index is 11.1. The minimum atomic E-state index is -0.650. The molecule has 22 heavy (non-hydrogen) atoms. The first kappa shape index (κ1) is 18.8. The number of hydrogen-bond acceptors (Lipinski definition) is 4. The van der Waals surface area contributed by atoms with Crippen LogP contribution in [0.4, 0.5) is 0 Å². The molecule has 0 amide bonds. The Morgan fingerprint density at radius 1 is 0.773 bits per heavy atom. The van der Waals surface area contributed by atoms with Crippen molar-refractivity contribution in [3.05, 3.63) is 56.5 Å². The van der Waals surface area contributed by atoms with Crippen LogP contribution < -0.4 is 0 Å². The normalized spacial score (nSPS) is 10.0. The first-order chi connectivity index (χ1) is 10.3. The molecule has 4 nitrogen and oxygen atoms in total. The molecule has 0 fully saturated rings. The summed E-state index contributed by atoms with van der Waals surface area (Å²) in [5, 5.41) is 0.213. The Morgan fingerprint density at radius 2 is 1.05 bits per heavy atom. The first-order valence-electron chi connectivity index (χ1n) is 5.75. The van der Waals surface area contributed by atoms with Crippen molar-refractivity contribution in [3.8, 4) is 0 Å². The highest BCUT2D eigenvalue weighted by Crippen LogP contribution is 2.41. The van der Waals surface area contributed by atoms with Gasteiger partial charge in [0, 0.05) is 23.3 Å². The predicted octanol–water partition coefficient (Wildman–Crippen LogP) is 4.76. The van der Waals surface area contributed by atoms with E-state index in [2.05, 4.69) is 13.2 Å². The lowest BCUT2D eigenvalue weighted by molar-refractivity contribution is -0.139. The molecule has 0 radical (unpaired) electrons. The molecule has 0 saturated carbocycles. The largest absolute Gasteiger partial charge is 0.458 e. The van der Waals surface area contributed by atoms with E-state index in [0.29, 0.717) is 0 Å². The number of rotatable bonds is 6. The molecule has 0 aromatic heterocycles. The third kappa shape index (κ3) is 4.40. The molecule has 8 heteroatoms. The topological polar surface area (TPSA) is 52.6 Å². The first-order valence-corrected chi connectivity index (χ1v) is 7.26. The van der Waals surface area contributed by atoms with Gasteiger partial charge in [-0.2, -0.15) is 0 Å². The fourth-order valence-corrected chi connectivity index (χ4v) is 2.53. The van der Waals surface area contributed by atoms with Crippen molar-refractivity contribution in [2.75, 3.05) is 0 Å². The van der Waals surface area contributed by atoms with Crippen molar-refractivity contribution < 1.29 is 19.1 Å². The lowest BCUT2D eigenvalue weighted by Gasteiger charge is -2.15. The second kappa shape index (κ2) is 8.44. The second-order valence-electron chi connectivity index (χ2n) is 3.84. The van der Waals surface area contributed by atoms with Gasteiger partial charge in [0.15, 0.2) is 0 Å². The van der Waals surface area contributed by atoms with E-state index in [0.717, 1.165) is 12.2 Å². The van der Waals surface area contributed by atoms with Crippen LogP contribution in [0, 0.1) is 0 Å². The van der Waals surface area contributed by atoms with Crippen LogP contribution in [0.25, 0.3) is 0 Å². The Hall–Kier alpha value is -1.20. The van der Waals surface area contributed by atoms with E-state index in [9.17, 15) is 9.59 Å². The summed E-state index contributed by atoms with van der Waals surface area (Å²) in [5.74, 6) is -1.30. The van der Waals surface area contributed by atoms with Gasteiger partial charge in [0.25, 0.3) is 0 Å². The highest BCUT2D eigenvalue weighted by molar-refractivity contribution is 6.48. The van der Waals surface area contributed by atoms with E-state index in [1.807, 2.05) is 0 Å². The monoisotopic (exact) mass is 382 g/mol. The molecule has 118 valence electrons. The average molecular weight is 384 g/mol. The SMILES string of the molecule is C=CC(=O)OCc1c(Cl)c(Cl)c(COC(=O)C=C)c(Cl)c1Cl. The van der Waals surface area contributed by atoms with Crippen LogP contribution in [0.3, 0.4) is 0 Å². The number of carbonyl (C=O) groups is 2. The molecule has 0 atom stereocenters. The standard InChI is InChI=1S/C14H10Cl4O4/c1-3-9(19)21-5-7-11(15)13(17)8(14(18)12(7)16)6-22-10(20)4-2/h3-4H,1-2,5-6H2. The quantitative estimate of drug-likeness (QED) is 0.403. The molecule has 0 saturated heterocycles. The Bertz CT molecular complexity index is 556. The molecule has 0 N–H and O–H groups in total. The molecule has 1 rings (SSSR count). The van der Waals surface area contributed by atoms with Crippen LogP contribution in [0.1, 0.15) is 11.1 Å². The smallest absolute Gasteiger partial charge is 0.330 e. The van der Waals surface area contributed by atoms with E-state index in [4.69, 9.17) is 55.9 Å². The number of ether oxygens (including phenoxy) is 2. The third-order valence-corrected chi connectivity index (χ3v) is 4.36. The van der Waals surface area contributed by atoms with Crippen LogP contribution in [-0.4, -0.2) is 11.9 Å².